The molecule has 1 amide bonds. The van der Waals surface area contributed by atoms with Crippen LogP contribution in [-0.4, -0.2) is 30.9 Å². The number of hydrogen-bond acceptors (Lipinski definition) is 5. The smallest absolute Gasteiger partial charge is 0.257 e. The molecule has 0 saturated carbocycles. The minimum Gasteiger partial charge on any atom is -0.497 e. The van der Waals surface area contributed by atoms with Crippen LogP contribution in [0.25, 0.3) is 0 Å². The monoisotopic (exact) mass is 410 g/mol. The van der Waals surface area contributed by atoms with E-state index in [-0.39, 0.29) is 18.0 Å². The molecule has 0 fully saturated rings. The summed E-state index contributed by atoms with van der Waals surface area (Å²) in [6.07, 6.45) is 3.51. The molecule has 6 nitrogen and oxygen atoms in total. The molecule has 0 aliphatic rings. The van der Waals surface area contributed by atoms with Crippen LogP contribution in [-0.2, 0) is 6.54 Å². The average Bonchev–Trinajstić information content (AvgIpc) is 2.75. The lowest BCUT2D eigenvalue weighted by Gasteiger charge is -2.12. The van der Waals surface area contributed by atoms with E-state index in [0.29, 0.717) is 17.1 Å². The molecule has 7 heteroatoms. The number of rotatable bonds is 7. The molecule has 0 aliphatic carbocycles. The Hall–Kier alpha value is -3.19. The van der Waals surface area contributed by atoms with Crippen molar-refractivity contribution in [2.24, 2.45) is 0 Å². The lowest BCUT2D eigenvalue weighted by molar-refractivity contribution is 0.102. The number of anilines is 1. The predicted molar refractivity (Wildman–Crippen MR) is 116 cm³/mol. The van der Waals surface area contributed by atoms with Crippen molar-refractivity contribution in [2.75, 3.05) is 25.8 Å². The minimum atomic E-state index is -0.275. The average molecular weight is 410 g/mol. The Balaban J connectivity index is 1.86. The Bertz CT molecular complexity index is 1060. The van der Waals surface area contributed by atoms with Crippen molar-refractivity contribution in [1.82, 2.24) is 4.57 Å². The lowest BCUT2D eigenvalue weighted by atomic mass is 10.2. The number of ether oxygens (including phenoxy) is 2. The zero-order valence-electron chi connectivity index (χ0n) is 16.5. The number of nitrogens with zero attached hydrogens (tertiary/aromatic N) is 1. The van der Waals surface area contributed by atoms with Crippen LogP contribution >= 0.6 is 11.8 Å². The van der Waals surface area contributed by atoms with Crippen molar-refractivity contribution >= 4 is 23.4 Å². The summed E-state index contributed by atoms with van der Waals surface area (Å²) in [6, 6.07) is 15.9. The van der Waals surface area contributed by atoms with Gasteiger partial charge in [0.2, 0.25) is 0 Å². The number of carbonyl (C=O) groups is 1. The van der Waals surface area contributed by atoms with Crippen LogP contribution in [0.5, 0.6) is 11.5 Å². The molecule has 29 heavy (non-hydrogen) atoms. The number of amides is 1. The quantitative estimate of drug-likeness (QED) is 0.599. The standard InChI is InChI=1S/C22H22N2O4S/c1-27-17-10-15(11-18(12-17)28-2)13-24-14-16(8-9-21(24)25)22(26)23-19-6-4-5-7-20(19)29-3/h4-12,14H,13H2,1-3H3,(H,23,26). The number of pyridine rings is 1. The molecule has 2 aromatic carbocycles. The van der Waals surface area contributed by atoms with Crippen molar-refractivity contribution in [1.29, 1.82) is 0 Å². The van der Waals surface area contributed by atoms with Gasteiger partial charge >= 0.3 is 0 Å². The molecular weight excluding hydrogens is 388 g/mol. The van der Waals surface area contributed by atoms with Crippen LogP contribution in [0, 0.1) is 0 Å². The normalized spacial score (nSPS) is 10.4. The minimum absolute atomic E-state index is 0.201. The first kappa shape index (κ1) is 20.5. The fourth-order valence-electron chi connectivity index (χ4n) is 2.89. The Labute approximate surface area is 173 Å². The Morgan fingerprint density at radius 1 is 1.03 bits per heavy atom. The molecule has 1 heterocycles. The number of para-hydroxylation sites is 1. The van der Waals surface area contributed by atoms with Gasteiger partial charge in [-0.05, 0) is 42.2 Å². The number of methoxy groups -OCH3 is 2. The van der Waals surface area contributed by atoms with E-state index in [1.165, 1.54) is 16.7 Å². The number of nitrogens with one attached hydrogen (secondary N) is 1. The highest BCUT2D eigenvalue weighted by Gasteiger charge is 2.11. The molecule has 0 bridgehead atoms. The summed E-state index contributed by atoms with van der Waals surface area (Å²) in [5.74, 6) is 0.994. The third kappa shape index (κ3) is 5.00. The van der Waals surface area contributed by atoms with Crippen molar-refractivity contribution in [3.63, 3.8) is 0 Å². The van der Waals surface area contributed by atoms with Crippen LogP contribution < -0.4 is 20.3 Å². The van der Waals surface area contributed by atoms with Crippen LogP contribution in [0.2, 0.25) is 0 Å². The molecule has 3 rings (SSSR count). The van der Waals surface area contributed by atoms with Gasteiger partial charge in [-0.2, -0.15) is 0 Å². The van der Waals surface area contributed by atoms with E-state index in [2.05, 4.69) is 5.32 Å². The molecule has 1 aromatic heterocycles. The van der Waals surface area contributed by atoms with Crippen molar-refractivity contribution < 1.29 is 14.3 Å². The number of aromatic nitrogens is 1. The van der Waals surface area contributed by atoms with Gasteiger partial charge < -0.3 is 19.4 Å². The van der Waals surface area contributed by atoms with Crippen LogP contribution in [0.3, 0.4) is 0 Å². The van der Waals surface area contributed by atoms with Gasteiger partial charge in [-0.15, -0.1) is 11.8 Å². The molecule has 1 N–H and O–H groups in total. The van der Waals surface area contributed by atoms with E-state index in [1.54, 1.807) is 38.2 Å². The van der Waals surface area contributed by atoms with Gasteiger partial charge in [0, 0.05) is 23.2 Å². The molecule has 0 aliphatic heterocycles. The largest absolute Gasteiger partial charge is 0.497 e. The van der Waals surface area contributed by atoms with E-state index < -0.39 is 0 Å². The van der Waals surface area contributed by atoms with Gasteiger partial charge in [-0.25, -0.2) is 0 Å². The zero-order valence-corrected chi connectivity index (χ0v) is 17.3. The van der Waals surface area contributed by atoms with E-state index in [4.69, 9.17) is 9.47 Å². The molecule has 0 atom stereocenters. The summed E-state index contributed by atoms with van der Waals surface area (Å²) in [7, 11) is 3.14. The third-order valence-corrected chi connectivity index (χ3v) is 5.16. The number of hydrogen-bond donors (Lipinski definition) is 1. The fourth-order valence-corrected chi connectivity index (χ4v) is 3.44. The fraction of sp³-hybridized carbons (Fsp3) is 0.182. The van der Waals surface area contributed by atoms with Gasteiger partial charge in [0.25, 0.3) is 11.5 Å². The number of thioether (sulfide) groups is 1. The zero-order chi connectivity index (χ0) is 20.8. The SMILES string of the molecule is COc1cc(Cn2cc(C(=O)Nc3ccccc3SC)ccc2=O)cc(OC)c1. The predicted octanol–water partition coefficient (Wildman–Crippen LogP) is 3.89. The maximum absolute atomic E-state index is 12.7. The van der Waals surface area contributed by atoms with Crippen LogP contribution in [0.15, 0.2) is 70.5 Å². The van der Waals surface area contributed by atoms with E-state index in [9.17, 15) is 9.59 Å². The second-order valence-electron chi connectivity index (χ2n) is 6.26. The highest BCUT2D eigenvalue weighted by molar-refractivity contribution is 7.98. The molecule has 0 radical (unpaired) electrons. The first-order chi connectivity index (χ1) is 14.0. The van der Waals surface area contributed by atoms with Crippen molar-refractivity contribution in [3.8, 4) is 11.5 Å². The number of carbonyl (C=O) groups excluding carboxylic acids is 1. The Morgan fingerprint density at radius 3 is 2.38 bits per heavy atom. The van der Waals surface area contributed by atoms with Crippen molar-refractivity contribution in [2.45, 2.75) is 11.4 Å². The topological polar surface area (TPSA) is 69.6 Å². The molecule has 0 spiro atoms. The molecular formula is C22H22N2O4S. The molecule has 0 unspecified atom stereocenters. The van der Waals surface area contributed by atoms with Gasteiger partial charge in [0.15, 0.2) is 0 Å². The van der Waals surface area contributed by atoms with Gasteiger partial charge in [0.05, 0.1) is 32.0 Å². The Morgan fingerprint density at radius 2 is 1.72 bits per heavy atom. The summed E-state index contributed by atoms with van der Waals surface area (Å²) in [5, 5.41) is 2.91. The van der Waals surface area contributed by atoms with Gasteiger partial charge in [0.1, 0.15) is 11.5 Å². The van der Waals surface area contributed by atoms with E-state index in [1.807, 2.05) is 42.7 Å². The van der Waals surface area contributed by atoms with Crippen LogP contribution in [0.1, 0.15) is 15.9 Å². The second-order valence-corrected chi connectivity index (χ2v) is 7.11. The Kier molecular flexibility index (Phi) is 6.61. The summed E-state index contributed by atoms with van der Waals surface area (Å²) >= 11 is 1.55. The highest BCUT2D eigenvalue weighted by atomic mass is 32.2. The maximum Gasteiger partial charge on any atom is 0.257 e. The van der Waals surface area contributed by atoms with E-state index >= 15 is 0 Å². The third-order valence-electron chi connectivity index (χ3n) is 4.36. The summed E-state index contributed by atoms with van der Waals surface area (Å²) in [6.45, 7) is 0.287. The number of benzene rings is 2. The molecule has 3 aromatic rings. The molecule has 150 valence electrons. The van der Waals surface area contributed by atoms with Gasteiger partial charge in [-0.3, -0.25) is 9.59 Å². The highest BCUT2D eigenvalue weighted by Crippen LogP contribution is 2.25. The summed E-state index contributed by atoms with van der Waals surface area (Å²) in [5.41, 5.74) is 1.76. The first-order valence-electron chi connectivity index (χ1n) is 8.91. The van der Waals surface area contributed by atoms with Crippen molar-refractivity contribution in [3.05, 3.63) is 82.3 Å². The lowest BCUT2D eigenvalue weighted by Crippen LogP contribution is -2.22. The van der Waals surface area contributed by atoms with Crippen LogP contribution in [0.4, 0.5) is 5.69 Å². The first-order valence-corrected chi connectivity index (χ1v) is 10.1. The molecule has 0 saturated heterocycles. The van der Waals surface area contributed by atoms with Gasteiger partial charge in [-0.1, -0.05) is 12.1 Å². The second kappa shape index (κ2) is 9.34. The van der Waals surface area contributed by atoms with E-state index in [0.717, 1.165) is 16.1 Å². The summed E-state index contributed by atoms with van der Waals surface area (Å²) < 4.78 is 12.1. The summed E-state index contributed by atoms with van der Waals surface area (Å²) in [4.78, 5) is 26.0. The maximum atomic E-state index is 12.7.